The van der Waals surface area contributed by atoms with Crippen molar-refractivity contribution < 1.29 is 0 Å². The third-order valence-corrected chi connectivity index (χ3v) is 4.43. The van der Waals surface area contributed by atoms with Crippen LogP contribution in [0.25, 0.3) is 0 Å². The van der Waals surface area contributed by atoms with E-state index in [1.165, 1.54) is 4.88 Å². The SMILES string of the molecule is Cc1cccc(CNC(C)c2cc(Br)cs2)n1. The minimum atomic E-state index is 0.355. The van der Waals surface area contributed by atoms with Crippen LogP contribution in [0.5, 0.6) is 0 Å². The van der Waals surface area contributed by atoms with Crippen molar-refractivity contribution in [2.75, 3.05) is 0 Å². The number of pyridine rings is 1. The molecule has 0 fully saturated rings. The van der Waals surface area contributed by atoms with Crippen molar-refractivity contribution in [1.82, 2.24) is 10.3 Å². The number of hydrogen-bond acceptors (Lipinski definition) is 3. The second-order valence-electron chi connectivity index (χ2n) is 4.04. The Morgan fingerprint density at radius 2 is 2.29 bits per heavy atom. The van der Waals surface area contributed by atoms with Gasteiger partial charge >= 0.3 is 0 Å². The van der Waals surface area contributed by atoms with E-state index in [9.17, 15) is 0 Å². The summed E-state index contributed by atoms with van der Waals surface area (Å²) in [7, 11) is 0. The van der Waals surface area contributed by atoms with Gasteiger partial charge in [-0.2, -0.15) is 0 Å². The fourth-order valence-corrected chi connectivity index (χ4v) is 3.09. The molecule has 0 bridgehead atoms. The largest absolute Gasteiger partial charge is 0.304 e. The van der Waals surface area contributed by atoms with E-state index in [1.54, 1.807) is 11.3 Å². The topological polar surface area (TPSA) is 24.9 Å². The van der Waals surface area contributed by atoms with Gasteiger partial charge in [0.1, 0.15) is 0 Å². The van der Waals surface area contributed by atoms with Crippen LogP contribution in [0.4, 0.5) is 0 Å². The maximum atomic E-state index is 4.48. The normalized spacial score (nSPS) is 12.6. The molecule has 0 radical (unpaired) electrons. The lowest BCUT2D eigenvalue weighted by Gasteiger charge is -2.11. The Morgan fingerprint density at radius 3 is 2.94 bits per heavy atom. The highest BCUT2D eigenvalue weighted by Crippen LogP contribution is 2.25. The fraction of sp³-hybridized carbons (Fsp3) is 0.308. The monoisotopic (exact) mass is 310 g/mol. The van der Waals surface area contributed by atoms with E-state index < -0.39 is 0 Å². The highest BCUT2D eigenvalue weighted by molar-refractivity contribution is 9.10. The van der Waals surface area contributed by atoms with Gasteiger partial charge in [-0.25, -0.2) is 0 Å². The number of thiophene rings is 1. The van der Waals surface area contributed by atoms with E-state index in [-0.39, 0.29) is 0 Å². The molecule has 0 saturated heterocycles. The number of nitrogens with one attached hydrogen (secondary N) is 1. The van der Waals surface area contributed by atoms with Gasteiger partial charge in [0.15, 0.2) is 0 Å². The molecular weight excluding hydrogens is 296 g/mol. The average Bonchev–Trinajstić information content (AvgIpc) is 2.73. The van der Waals surface area contributed by atoms with Gasteiger partial charge in [0.25, 0.3) is 0 Å². The van der Waals surface area contributed by atoms with Crippen molar-refractivity contribution in [3.8, 4) is 0 Å². The van der Waals surface area contributed by atoms with Gasteiger partial charge in [0, 0.05) is 33.0 Å². The van der Waals surface area contributed by atoms with Gasteiger partial charge in [0.05, 0.1) is 5.69 Å². The molecule has 2 nitrogen and oxygen atoms in total. The Balaban J connectivity index is 1.94. The molecule has 2 aromatic heterocycles. The molecule has 0 saturated carbocycles. The highest BCUT2D eigenvalue weighted by Gasteiger charge is 2.07. The van der Waals surface area contributed by atoms with E-state index in [4.69, 9.17) is 0 Å². The molecule has 4 heteroatoms. The summed E-state index contributed by atoms with van der Waals surface area (Å²) in [4.78, 5) is 5.81. The van der Waals surface area contributed by atoms with Crippen molar-refractivity contribution in [3.05, 3.63) is 50.4 Å². The summed E-state index contributed by atoms with van der Waals surface area (Å²) in [6.45, 7) is 5.00. The number of halogens is 1. The third-order valence-electron chi connectivity index (χ3n) is 2.55. The molecule has 0 aliphatic heterocycles. The summed E-state index contributed by atoms with van der Waals surface area (Å²) in [6.07, 6.45) is 0. The van der Waals surface area contributed by atoms with Crippen LogP contribution in [0.3, 0.4) is 0 Å². The Labute approximate surface area is 114 Å². The summed E-state index contributed by atoms with van der Waals surface area (Å²) in [6, 6.07) is 8.63. The lowest BCUT2D eigenvalue weighted by molar-refractivity contribution is 0.575. The summed E-state index contributed by atoms with van der Waals surface area (Å²) in [5.74, 6) is 0. The molecule has 90 valence electrons. The first-order valence-corrected chi connectivity index (χ1v) is 7.22. The molecule has 0 spiro atoms. The van der Waals surface area contributed by atoms with Crippen LogP contribution in [-0.4, -0.2) is 4.98 Å². The smallest absolute Gasteiger partial charge is 0.0545 e. The predicted molar refractivity (Wildman–Crippen MR) is 76.2 cm³/mol. The number of aryl methyl sites for hydroxylation is 1. The lowest BCUT2D eigenvalue weighted by Crippen LogP contribution is -2.18. The molecule has 0 aliphatic rings. The molecule has 17 heavy (non-hydrogen) atoms. The molecule has 2 heterocycles. The first-order valence-electron chi connectivity index (χ1n) is 5.55. The predicted octanol–water partition coefficient (Wildman–Crippen LogP) is 4.06. The zero-order valence-corrected chi connectivity index (χ0v) is 12.3. The van der Waals surface area contributed by atoms with Gasteiger partial charge in [-0.3, -0.25) is 4.98 Å². The fourth-order valence-electron chi connectivity index (χ4n) is 1.61. The third kappa shape index (κ3) is 3.63. The van der Waals surface area contributed by atoms with E-state index in [0.29, 0.717) is 6.04 Å². The van der Waals surface area contributed by atoms with E-state index >= 15 is 0 Å². The van der Waals surface area contributed by atoms with Gasteiger partial charge in [-0.05, 0) is 48.0 Å². The van der Waals surface area contributed by atoms with Crippen LogP contribution in [0, 0.1) is 6.92 Å². The summed E-state index contributed by atoms with van der Waals surface area (Å²) in [5.41, 5.74) is 2.16. The lowest BCUT2D eigenvalue weighted by atomic mass is 10.2. The van der Waals surface area contributed by atoms with Crippen molar-refractivity contribution in [1.29, 1.82) is 0 Å². The Morgan fingerprint density at radius 1 is 1.47 bits per heavy atom. The molecule has 1 unspecified atom stereocenters. The molecule has 0 amide bonds. The second-order valence-corrected chi connectivity index (χ2v) is 5.90. The number of rotatable bonds is 4. The quantitative estimate of drug-likeness (QED) is 0.921. The Bertz CT molecular complexity index is 496. The standard InChI is InChI=1S/C13H15BrN2S/c1-9-4-3-5-12(16-9)7-15-10(2)13-6-11(14)8-17-13/h3-6,8,10,15H,7H2,1-2H3. The van der Waals surface area contributed by atoms with Gasteiger partial charge in [-0.1, -0.05) is 6.07 Å². The summed E-state index contributed by atoms with van der Waals surface area (Å²) >= 11 is 5.24. The van der Waals surface area contributed by atoms with Gasteiger partial charge in [-0.15, -0.1) is 11.3 Å². The van der Waals surface area contributed by atoms with Crippen LogP contribution in [0.15, 0.2) is 34.1 Å². The highest BCUT2D eigenvalue weighted by atomic mass is 79.9. The summed E-state index contributed by atoms with van der Waals surface area (Å²) < 4.78 is 1.15. The van der Waals surface area contributed by atoms with Crippen LogP contribution in [0.1, 0.15) is 29.2 Å². The summed E-state index contributed by atoms with van der Waals surface area (Å²) in [5, 5.41) is 5.59. The minimum absolute atomic E-state index is 0.355. The van der Waals surface area contributed by atoms with Crippen LogP contribution in [0.2, 0.25) is 0 Å². The van der Waals surface area contributed by atoms with Gasteiger partial charge in [0.2, 0.25) is 0 Å². The van der Waals surface area contributed by atoms with Crippen LogP contribution in [-0.2, 0) is 6.54 Å². The number of hydrogen-bond donors (Lipinski definition) is 1. The molecule has 2 rings (SSSR count). The molecule has 0 aromatic carbocycles. The Hall–Kier alpha value is -0.710. The van der Waals surface area contributed by atoms with Gasteiger partial charge < -0.3 is 5.32 Å². The minimum Gasteiger partial charge on any atom is -0.304 e. The van der Waals surface area contributed by atoms with Crippen molar-refractivity contribution in [3.63, 3.8) is 0 Å². The van der Waals surface area contributed by atoms with E-state index in [0.717, 1.165) is 22.4 Å². The number of aromatic nitrogens is 1. The molecule has 1 atom stereocenters. The maximum absolute atomic E-state index is 4.48. The first kappa shape index (κ1) is 12.7. The average molecular weight is 311 g/mol. The van der Waals surface area contributed by atoms with E-state index in [2.05, 4.69) is 50.7 Å². The zero-order chi connectivity index (χ0) is 12.3. The molecule has 2 aromatic rings. The van der Waals surface area contributed by atoms with E-state index in [1.807, 2.05) is 19.1 Å². The first-order chi connectivity index (χ1) is 8.15. The van der Waals surface area contributed by atoms with Crippen molar-refractivity contribution in [2.24, 2.45) is 0 Å². The zero-order valence-electron chi connectivity index (χ0n) is 9.90. The Kier molecular flexibility index (Phi) is 4.31. The molecule has 1 N–H and O–H groups in total. The van der Waals surface area contributed by atoms with Crippen molar-refractivity contribution in [2.45, 2.75) is 26.4 Å². The molecule has 0 aliphatic carbocycles. The maximum Gasteiger partial charge on any atom is 0.0545 e. The second kappa shape index (κ2) is 5.76. The number of nitrogens with zero attached hydrogens (tertiary/aromatic N) is 1. The molecular formula is C13H15BrN2S. The van der Waals surface area contributed by atoms with Crippen LogP contribution >= 0.6 is 27.3 Å². The van der Waals surface area contributed by atoms with Crippen LogP contribution < -0.4 is 5.32 Å². The van der Waals surface area contributed by atoms with Crippen molar-refractivity contribution >= 4 is 27.3 Å².